The molecular formula is C23H24Cl2N2O2. The number of piperidine rings is 1. The van der Waals surface area contributed by atoms with Gasteiger partial charge in [-0.2, -0.15) is 0 Å². The van der Waals surface area contributed by atoms with Gasteiger partial charge in [0.25, 0.3) is 0 Å². The normalized spacial score (nSPS) is 26.2. The molecule has 1 unspecified atom stereocenters. The summed E-state index contributed by atoms with van der Waals surface area (Å²) in [7, 11) is 0. The summed E-state index contributed by atoms with van der Waals surface area (Å²) in [4.78, 5) is 26.4. The molecule has 4 rings (SSSR count). The Hall–Kier alpha value is -2.04. The van der Waals surface area contributed by atoms with Crippen LogP contribution in [-0.2, 0) is 15.0 Å². The lowest BCUT2D eigenvalue weighted by Gasteiger charge is -2.48. The van der Waals surface area contributed by atoms with Crippen molar-refractivity contribution in [3.8, 4) is 0 Å². The van der Waals surface area contributed by atoms with Crippen molar-refractivity contribution < 1.29 is 9.59 Å². The van der Waals surface area contributed by atoms with Crippen LogP contribution >= 0.6 is 23.2 Å². The molecule has 3 atom stereocenters. The van der Waals surface area contributed by atoms with Gasteiger partial charge < -0.3 is 10.6 Å². The van der Waals surface area contributed by atoms with Crippen molar-refractivity contribution in [2.24, 2.45) is 11.3 Å². The fourth-order valence-electron chi connectivity index (χ4n) is 4.98. The number of halogens is 2. The van der Waals surface area contributed by atoms with Gasteiger partial charge >= 0.3 is 0 Å². The highest BCUT2D eigenvalue weighted by molar-refractivity contribution is 6.31. The van der Waals surface area contributed by atoms with Crippen LogP contribution in [0.1, 0.15) is 50.8 Å². The number of anilines is 1. The van der Waals surface area contributed by atoms with E-state index in [2.05, 4.69) is 31.4 Å². The van der Waals surface area contributed by atoms with E-state index < -0.39 is 11.5 Å². The molecule has 0 aliphatic carbocycles. The van der Waals surface area contributed by atoms with Gasteiger partial charge in [-0.1, -0.05) is 62.2 Å². The van der Waals surface area contributed by atoms with Gasteiger partial charge in [-0.15, -0.1) is 0 Å². The predicted octanol–water partition coefficient (Wildman–Crippen LogP) is 5.50. The SMILES string of the molecule is CC(C)(C)C[C@H]1CC(=O)NC(c2cccc(Cl)c2)[C@]12C(=O)Nc1cc(Cl)ccc12. The van der Waals surface area contributed by atoms with Gasteiger partial charge in [-0.3, -0.25) is 9.59 Å². The first-order valence-corrected chi connectivity index (χ1v) is 10.5. The van der Waals surface area contributed by atoms with Crippen molar-refractivity contribution in [2.75, 3.05) is 5.32 Å². The molecule has 1 saturated heterocycles. The minimum absolute atomic E-state index is 0.0509. The summed E-state index contributed by atoms with van der Waals surface area (Å²) in [5.41, 5.74) is 1.44. The number of benzene rings is 2. The van der Waals surface area contributed by atoms with E-state index in [0.29, 0.717) is 22.2 Å². The van der Waals surface area contributed by atoms with Gasteiger partial charge in [0.05, 0.1) is 6.04 Å². The van der Waals surface area contributed by atoms with Crippen molar-refractivity contribution in [3.63, 3.8) is 0 Å². The van der Waals surface area contributed by atoms with E-state index in [9.17, 15) is 9.59 Å². The van der Waals surface area contributed by atoms with Crippen LogP contribution < -0.4 is 10.6 Å². The van der Waals surface area contributed by atoms with Gasteiger partial charge in [0.1, 0.15) is 5.41 Å². The molecule has 29 heavy (non-hydrogen) atoms. The van der Waals surface area contributed by atoms with Crippen molar-refractivity contribution in [1.29, 1.82) is 0 Å². The molecule has 152 valence electrons. The molecule has 2 aliphatic rings. The first-order chi connectivity index (χ1) is 13.6. The van der Waals surface area contributed by atoms with Gasteiger partial charge in [0, 0.05) is 22.2 Å². The maximum absolute atomic E-state index is 13.7. The summed E-state index contributed by atoms with van der Waals surface area (Å²) in [5, 5.41) is 7.27. The first-order valence-electron chi connectivity index (χ1n) is 9.77. The third-order valence-electron chi connectivity index (χ3n) is 5.93. The average Bonchev–Trinajstić information content (AvgIpc) is 2.88. The predicted molar refractivity (Wildman–Crippen MR) is 116 cm³/mol. The number of amides is 2. The lowest BCUT2D eigenvalue weighted by atomic mass is 9.58. The van der Waals surface area contributed by atoms with E-state index in [1.165, 1.54) is 0 Å². The highest BCUT2D eigenvalue weighted by Gasteiger charge is 2.60. The first kappa shape index (κ1) is 20.2. The van der Waals surface area contributed by atoms with Crippen LogP contribution in [0.15, 0.2) is 42.5 Å². The molecule has 2 aromatic carbocycles. The Morgan fingerprint density at radius 3 is 2.48 bits per heavy atom. The maximum Gasteiger partial charge on any atom is 0.237 e. The number of carbonyl (C=O) groups excluding carboxylic acids is 2. The lowest BCUT2D eigenvalue weighted by molar-refractivity contribution is -0.134. The second kappa shape index (κ2) is 7.03. The van der Waals surface area contributed by atoms with Crippen molar-refractivity contribution in [1.82, 2.24) is 5.32 Å². The number of fused-ring (bicyclic) bond motifs is 2. The Kier molecular flexibility index (Phi) is 4.91. The Balaban J connectivity index is 1.97. The number of hydrogen-bond donors (Lipinski definition) is 2. The van der Waals surface area contributed by atoms with E-state index in [1.807, 2.05) is 30.3 Å². The summed E-state index contributed by atoms with van der Waals surface area (Å²) in [6, 6.07) is 12.4. The molecule has 2 aliphatic heterocycles. The van der Waals surface area contributed by atoms with E-state index in [4.69, 9.17) is 23.2 Å². The van der Waals surface area contributed by atoms with Crippen molar-refractivity contribution in [2.45, 2.75) is 45.1 Å². The van der Waals surface area contributed by atoms with Gasteiger partial charge in [0.15, 0.2) is 0 Å². The minimum Gasteiger partial charge on any atom is -0.348 e. The Morgan fingerprint density at radius 2 is 1.79 bits per heavy atom. The number of nitrogens with one attached hydrogen (secondary N) is 2. The number of carbonyl (C=O) groups is 2. The fraction of sp³-hybridized carbons (Fsp3) is 0.391. The lowest BCUT2D eigenvalue weighted by Crippen LogP contribution is -2.58. The second-order valence-electron chi connectivity index (χ2n) is 9.23. The molecule has 4 nitrogen and oxygen atoms in total. The molecule has 0 bridgehead atoms. The number of hydrogen-bond acceptors (Lipinski definition) is 2. The molecule has 2 heterocycles. The monoisotopic (exact) mass is 430 g/mol. The summed E-state index contributed by atoms with van der Waals surface area (Å²) in [5.74, 6) is -0.318. The molecule has 0 radical (unpaired) electrons. The Morgan fingerprint density at radius 1 is 1.07 bits per heavy atom. The average molecular weight is 431 g/mol. The third-order valence-corrected chi connectivity index (χ3v) is 6.40. The quantitative estimate of drug-likeness (QED) is 0.660. The van der Waals surface area contributed by atoms with Crippen molar-refractivity contribution in [3.05, 3.63) is 63.6 Å². The molecular weight excluding hydrogens is 407 g/mol. The molecule has 0 saturated carbocycles. The smallest absolute Gasteiger partial charge is 0.237 e. The van der Waals surface area contributed by atoms with E-state index in [1.54, 1.807) is 12.1 Å². The zero-order valence-electron chi connectivity index (χ0n) is 16.7. The zero-order chi connectivity index (χ0) is 21.0. The van der Waals surface area contributed by atoms with Gasteiger partial charge in [-0.25, -0.2) is 0 Å². The maximum atomic E-state index is 13.7. The largest absolute Gasteiger partial charge is 0.348 e. The van der Waals surface area contributed by atoms with Crippen molar-refractivity contribution >= 4 is 40.7 Å². The van der Waals surface area contributed by atoms with Gasteiger partial charge in [0.2, 0.25) is 11.8 Å². The third kappa shape index (κ3) is 3.43. The molecule has 1 fully saturated rings. The summed E-state index contributed by atoms with van der Waals surface area (Å²) < 4.78 is 0. The van der Waals surface area contributed by atoms with E-state index in [0.717, 1.165) is 17.5 Å². The molecule has 2 N–H and O–H groups in total. The molecule has 6 heteroatoms. The summed E-state index contributed by atoms with van der Waals surface area (Å²) >= 11 is 12.5. The minimum atomic E-state index is -0.925. The topological polar surface area (TPSA) is 58.2 Å². The Labute approximate surface area is 181 Å². The highest BCUT2D eigenvalue weighted by atomic mass is 35.5. The standard InChI is InChI=1S/C23H24Cl2N2O2/c1-22(2,3)12-14-10-19(28)27-20(13-5-4-6-15(24)9-13)23(14)17-8-7-16(25)11-18(17)26-21(23)29/h4-9,11,14,20H,10,12H2,1-3H3,(H,26,29)(H,27,28)/t14-,20?,23+/m1/s1. The van der Waals surface area contributed by atoms with Crippen LogP contribution in [0.4, 0.5) is 5.69 Å². The molecule has 2 aromatic rings. The van der Waals surface area contributed by atoms with Crippen LogP contribution in [0.25, 0.3) is 0 Å². The van der Waals surface area contributed by atoms with Crippen LogP contribution in [0.2, 0.25) is 10.0 Å². The van der Waals surface area contributed by atoms with Crippen LogP contribution in [0.5, 0.6) is 0 Å². The molecule has 1 spiro atoms. The van der Waals surface area contributed by atoms with E-state index in [-0.39, 0.29) is 23.1 Å². The van der Waals surface area contributed by atoms with Crippen LogP contribution in [0, 0.1) is 11.3 Å². The van der Waals surface area contributed by atoms with E-state index >= 15 is 0 Å². The summed E-state index contributed by atoms with van der Waals surface area (Å²) in [6.07, 6.45) is 1.02. The van der Waals surface area contributed by atoms with Crippen LogP contribution in [-0.4, -0.2) is 11.8 Å². The zero-order valence-corrected chi connectivity index (χ0v) is 18.2. The second-order valence-corrected chi connectivity index (χ2v) is 10.1. The highest BCUT2D eigenvalue weighted by Crippen LogP contribution is 2.56. The molecule has 2 amide bonds. The fourth-order valence-corrected chi connectivity index (χ4v) is 5.35. The Bertz CT molecular complexity index is 999. The number of rotatable bonds is 2. The summed E-state index contributed by atoms with van der Waals surface area (Å²) in [6.45, 7) is 6.41. The van der Waals surface area contributed by atoms with Crippen LogP contribution in [0.3, 0.4) is 0 Å². The van der Waals surface area contributed by atoms with Gasteiger partial charge in [-0.05, 0) is 53.1 Å². The molecule has 0 aromatic heterocycles.